The Bertz CT molecular complexity index is 508. The van der Waals surface area contributed by atoms with Crippen LogP contribution in [0.2, 0.25) is 0 Å². The molecule has 6 heteroatoms. The maximum Gasteiger partial charge on any atom is 0.237 e. The molecule has 1 aromatic rings. The molecule has 1 amide bonds. The summed E-state index contributed by atoms with van der Waals surface area (Å²) in [5, 5.41) is 2.95. The molecule has 0 saturated carbocycles. The van der Waals surface area contributed by atoms with Gasteiger partial charge in [0.15, 0.2) is 11.5 Å². The van der Waals surface area contributed by atoms with Crippen molar-refractivity contribution in [2.45, 2.75) is 39.3 Å². The fourth-order valence-electron chi connectivity index (χ4n) is 2.35. The van der Waals surface area contributed by atoms with E-state index in [-0.39, 0.29) is 24.4 Å². The van der Waals surface area contributed by atoms with E-state index in [0.29, 0.717) is 25.6 Å². The minimum Gasteiger partial charge on any atom is -0.486 e. The van der Waals surface area contributed by atoms with Crippen LogP contribution in [-0.2, 0) is 4.79 Å². The lowest BCUT2D eigenvalue weighted by molar-refractivity contribution is -0.123. The van der Waals surface area contributed by atoms with E-state index in [9.17, 15) is 4.79 Å². The molecule has 0 spiro atoms. The fraction of sp³-hybridized carbons (Fsp3) is 0.562. The number of nitrogens with one attached hydrogen (secondary N) is 1. The summed E-state index contributed by atoms with van der Waals surface area (Å²) in [6, 6.07) is 5.14. The largest absolute Gasteiger partial charge is 0.486 e. The van der Waals surface area contributed by atoms with E-state index in [1.54, 1.807) is 0 Å². The van der Waals surface area contributed by atoms with E-state index < -0.39 is 6.04 Å². The highest BCUT2D eigenvalue weighted by atomic mass is 35.5. The first kappa shape index (κ1) is 18.6. The average Bonchev–Trinajstić information content (AvgIpc) is 2.45. The number of halogens is 1. The van der Waals surface area contributed by atoms with Gasteiger partial charge in [-0.2, -0.15) is 0 Å². The zero-order valence-corrected chi connectivity index (χ0v) is 14.1. The molecule has 1 aromatic carbocycles. The number of benzene rings is 1. The molecule has 1 aliphatic rings. The second kappa shape index (κ2) is 8.25. The van der Waals surface area contributed by atoms with Crippen molar-refractivity contribution < 1.29 is 14.3 Å². The van der Waals surface area contributed by atoms with E-state index >= 15 is 0 Å². The average molecular weight is 329 g/mol. The van der Waals surface area contributed by atoms with Gasteiger partial charge in [-0.25, -0.2) is 0 Å². The molecule has 2 rings (SSSR count). The molecule has 1 heterocycles. The number of hydrogen-bond acceptors (Lipinski definition) is 4. The van der Waals surface area contributed by atoms with Crippen molar-refractivity contribution in [3.63, 3.8) is 0 Å². The smallest absolute Gasteiger partial charge is 0.237 e. The first-order valence-corrected chi connectivity index (χ1v) is 7.43. The van der Waals surface area contributed by atoms with Crippen LogP contribution in [0.1, 0.15) is 38.8 Å². The zero-order valence-electron chi connectivity index (χ0n) is 13.3. The predicted molar refractivity (Wildman–Crippen MR) is 88.7 cm³/mol. The summed E-state index contributed by atoms with van der Waals surface area (Å²) >= 11 is 0. The summed E-state index contributed by atoms with van der Waals surface area (Å²) in [6.07, 6.45) is 0.680. The van der Waals surface area contributed by atoms with Crippen LogP contribution in [0.25, 0.3) is 0 Å². The molecule has 2 atom stereocenters. The normalized spacial score (nSPS) is 15.7. The minimum absolute atomic E-state index is 0. The number of fused-ring (bicyclic) bond motifs is 1. The zero-order chi connectivity index (χ0) is 15.4. The molecular weight excluding hydrogens is 304 g/mol. The molecule has 22 heavy (non-hydrogen) atoms. The van der Waals surface area contributed by atoms with Gasteiger partial charge in [0.05, 0.1) is 12.1 Å². The van der Waals surface area contributed by atoms with E-state index in [0.717, 1.165) is 17.1 Å². The van der Waals surface area contributed by atoms with E-state index in [2.05, 4.69) is 19.2 Å². The fourth-order valence-corrected chi connectivity index (χ4v) is 2.35. The molecule has 1 unspecified atom stereocenters. The number of carbonyl (C=O) groups excluding carboxylic acids is 1. The van der Waals surface area contributed by atoms with Crippen LogP contribution in [0.4, 0.5) is 0 Å². The van der Waals surface area contributed by atoms with Crippen molar-refractivity contribution in [3.8, 4) is 11.5 Å². The summed E-state index contributed by atoms with van der Waals surface area (Å²) in [5.41, 5.74) is 6.87. The molecule has 124 valence electrons. The molecule has 0 aliphatic carbocycles. The predicted octanol–water partition coefficient (Wildman–Crippen LogP) is 2.43. The van der Waals surface area contributed by atoms with E-state index in [4.69, 9.17) is 15.2 Å². The summed E-state index contributed by atoms with van der Waals surface area (Å²) in [4.78, 5) is 12.1. The number of hydrogen-bond donors (Lipinski definition) is 2. The van der Waals surface area contributed by atoms with Gasteiger partial charge >= 0.3 is 0 Å². The first-order chi connectivity index (χ1) is 9.97. The minimum atomic E-state index is -0.468. The lowest BCUT2D eigenvalue weighted by Crippen LogP contribution is -2.42. The Morgan fingerprint density at radius 2 is 1.86 bits per heavy atom. The van der Waals surface area contributed by atoms with Gasteiger partial charge in [-0.15, -0.1) is 12.4 Å². The quantitative estimate of drug-likeness (QED) is 0.870. The van der Waals surface area contributed by atoms with Crippen molar-refractivity contribution in [1.29, 1.82) is 0 Å². The van der Waals surface area contributed by atoms with Crippen LogP contribution in [0, 0.1) is 5.92 Å². The standard InChI is InChI=1S/C16H24N2O3.ClH/c1-10(2)8-13(17)16(19)18-11(3)12-4-5-14-15(9-12)21-7-6-20-14;/h4-5,9-11,13H,6-8,17H2,1-3H3,(H,18,19);1H/t11?,13-;/m0./s1. The Morgan fingerprint density at radius 1 is 1.23 bits per heavy atom. The van der Waals surface area contributed by atoms with Crippen molar-refractivity contribution >= 4 is 18.3 Å². The lowest BCUT2D eigenvalue weighted by atomic mass is 10.0. The third-order valence-corrected chi connectivity index (χ3v) is 3.49. The molecule has 5 nitrogen and oxygen atoms in total. The van der Waals surface area contributed by atoms with Crippen LogP contribution in [0.5, 0.6) is 11.5 Å². The summed E-state index contributed by atoms with van der Waals surface area (Å²) in [7, 11) is 0. The summed E-state index contributed by atoms with van der Waals surface area (Å²) in [6.45, 7) is 7.17. The molecule has 3 N–H and O–H groups in total. The number of amides is 1. The van der Waals surface area contributed by atoms with Crippen molar-refractivity contribution in [2.24, 2.45) is 11.7 Å². The van der Waals surface area contributed by atoms with E-state index in [1.807, 2.05) is 25.1 Å². The summed E-state index contributed by atoms with van der Waals surface area (Å²) in [5.74, 6) is 1.76. The van der Waals surface area contributed by atoms with Crippen molar-refractivity contribution in [3.05, 3.63) is 23.8 Å². The Kier molecular flexibility index (Phi) is 6.97. The topological polar surface area (TPSA) is 73.6 Å². The van der Waals surface area contributed by atoms with Crippen molar-refractivity contribution in [1.82, 2.24) is 5.32 Å². The highest BCUT2D eigenvalue weighted by molar-refractivity contribution is 5.85. The number of ether oxygens (including phenoxy) is 2. The van der Waals surface area contributed by atoms with Crippen LogP contribution in [-0.4, -0.2) is 25.2 Å². The van der Waals surface area contributed by atoms with Crippen LogP contribution in [0.3, 0.4) is 0 Å². The Morgan fingerprint density at radius 3 is 2.50 bits per heavy atom. The van der Waals surface area contributed by atoms with Crippen LogP contribution < -0.4 is 20.5 Å². The lowest BCUT2D eigenvalue weighted by Gasteiger charge is -2.22. The number of rotatable bonds is 5. The Hall–Kier alpha value is -1.46. The van der Waals surface area contributed by atoms with Crippen molar-refractivity contribution in [2.75, 3.05) is 13.2 Å². The van der Waals surface area contributed by atoms with E-state index in [1.165, 1.54) is 0 Å². The van der Waals surface area contributed by atoms with Gasteiger partial charge in [0.25, 0.3) is 0 Å². The third-order valence-electron chi connectivity index (χ3n) is 3.49. The molecule has 0 saturated heterocycles. The Labute approximate surface area is 138 Å². The maximum atomic E-state index is 12.1. The number of nitrogens with two attached hydrogens (primary N) is 1. The van der Waals surface area contributed by atoms with Crippen LogP contribution >= 0.6 is 12.4 Å². The molecule has 0 fully saturated rings. The SMILES string of the molecule is CC(C)C[C@H](N)C(=O)NC(C)c1ccc2c(c1)OCCO2.Cl. The highest BCUT2D eigenvalue weighted by Crippen LogP contribution is 2.32. The number of carbonyl (C=O) groups is 1. The van der Waals surface area contributed by atoms with Gasteiger partial charge in [0.2, 0.25) is 5.91 Å². The molecule has 1 aliphatic heterocycles. The molecule has 0 aromatic heterocycles. The Balaban J connectivity index is 0.00000242. The maximum absolute atomic E-state index is 12.1. The molecule has 0 bridgehead atoms. The second-order valence-corrected chi connectivity index (χ2v) is 5.87. The van der Waals surface area contributed by atoms with Gasteiger partial charge in [0.1, 0.15) is 13.2 Å². The van der Waals surface area contributed by atoms with Gasteiger partial charge in [-0.05, 0) is 37.0 Å². The highest BCUT2D eigenvalue weighted by Gasteiger charge is 2.19. The van der Waals surface area contributed by atoms with Crippen LogP contribution in [0.15, 0.2) is 18.2 Å². The van der Waals surface area contributed by atoms with Gasteiger partial charge < -0.3 is 20.5 Å². The van der Waals surface area contributed by atoms with Gasteiger partial charge in [0, 0.05) is 0 Å². The third kappa shape index (κ3) is 4.78. The molecule has 0 radical (unpaired) electrons. The monoisotopic (exact) mass is 328 g/mol. The summed E-state index contributed by atoms with van der Waals surface area (Å²) < 4.78 is 11.0. The second-order valence-electron chi connectivity index (χ2n) is 5.87. The van der Waals surface area contributed by atoms with Gasteiger partial charge in [-0.3, -0.25) is 4.79 Å². The molecular formula is C16H25ClN2O3. The van der Waals surface area contributed by atoms with Gasteiger partial charge in [-0.1, -0.05) is 19.9 Å². The first-order valence-electron chi connectivity index (χ1n) is 7.43.